The summed E-state index contributed by atoms with van der Waals surface area (Å²) in [5.41, 5.74) is 0.236. The number of rotatable bonds is 2. The van der Waals surface area contributed by atoms with E-state index < -0.39 is 6.10 Å². The molecule has 0 aliphatic heterocycles. The molecule has 0 aromatic heterocycles. The monoisotopic (exact) mass is 143 g/mol. The van der Waals surface area contributed by atoms with E-state index >= 15 is 0 Å². The summed E-state index contributed by atoms with van der Waals surface area (Å²) in [6.45, 7) is 7.68. The van der Waals surface area contributed by atoms with E-state index in [1.54, 1.807) is 0 Å². The second kappa shape index (κ2) is 3.15. The van der Waals surface area contributed by atoms with Gasteiger partial charge in [-0.15, -0.1) is 0 Å². The summed E-state index contributed by atoms with van der Waals surface area (Å²) in [7, 11) is 0. The summed E-state index contributed by atoms with van der Waals surface area (Å²) < 4.78 is 0. The second-order valence-electron chi connectivity index (χ2n) is 3.65. The van der Waals surface area contributed by atoms with Crippen LogP contribution >= 0.6 is 0 Å². The van der Waals surface area contributed by atoms with Gasteiger partial charge in [0.1, 0.15) is 0 Å². The highest BCUT2D eigenvalue weighted by Crippen LogP contribution is 2.20. The molecule has 10 heavy (non-hydrogen) atoms. The van der Waals surface area contributed by atoms with E-state index in [-0.39, 0.29) is 5.41 Å². The van der Waals surface area contributed by atoms with E-state index in [9.17, 15) is 5.11 Å². The lowest BCUT2D eigenvalue weighted by molar-refractivity contribution is 0.120. The van der Waals surface area contributed by atoms with Gasteiger partial charge in [-0.25, -0.2) is 0 Å². The molecule has 0 spiro atoms. The maximum absolute atomic E-state index is 9.43. The molecule has 2 nitrogen and oxygen atoms in total. The van der Waals surface area contributed by atoms with Crippen molar-refractivity contribution in [1.82, 2.24) is 0 Å². The standard InChI is InChI=1S/C8H17NO/c1-5-6(9)7(10)8(2,3)4/h7,9-10H,5H2,1-4H3. The van der Waals surface area contributed by atoms with Gasteiger partial charge in [0.15, 0.2) is 0 Å². The van der Waals surface area contributed by atoms with Crippen molar-refractivity contribution in [2.45, 2.75) is 40.2 Å². The van der Waals surface area contributed by atoms with E-state index in [1.807, 2.05) is 27.7 Å². The molecule has 0 aromatic carbocycles. The molecule has 0 amide bonds. The Bertz CT molecular complexity index is 124. The lowest BCUT2D eigenvalue weighted by Crippen LogP contribution is -2.33. The predicted octanol–water partition coefficient (Wildman–Crippen LogP) is 1.82. The van der Waals surface area contributed by atoms with Gasteiger partial charge in [0.05, 0.1) is 6.10 Å². The number of aliphatic hydroxyl groups excluding tert-OH is 1. The first kappa shape index (κ1) is 9.63. The Balaban J connectivity index is 4.08. The summed E-state index contributed by atoms with van der Waals surface area (Å²) in [6, 6.07) is 0. The Morgan fingerprint density at radius 1 is 1.50 bits per heavy atom. The Hall–Kier alpha value is -0.370. The molecule has 0 saturated heterocycles. The van der Waals surface area contributed by atoms with Crippen LogP contribution in [0.1, 0.15) is 34.1 Å². The predicted molar refractivity (Wildman–Crippen MR) is 43.5 cm³/mol. The number of aliphatic hydroxyl groups is 1. The number of nitrogens with one attached hydrogen (secondary N) is 1. The second-order valence-corrected chi connectivity index (χ2v) is 3.65. The SMILES string of the molecule is CCC(=N)C(O)C(C)(C)C. The first-order valence-electron chi connectivity index (χ1n) is 3.65. The molecule has 0 aromatic rings. The fourth-order valence-corrected chi connectivity index (χ4v) is 0.716. The van der Waals surface area contributed by atoms with Gasteiger partial charge in [-0.05, 0) is 11.8 Å². The maximum atomic E-state index is 9.43. The van der Waals surface area contributed by atoms with Crippen LogP contribution in [-0.4, -0.2) is 16.9 Å². The molecule has 1 atom stereocenters. The molecular weight excluding hydrogens is 126 g/mol. The van der Waals surface area contributed by atoms with Gasteiger partial charge in [-0.3, -0.25) is 0 Å². The summed E-state index contributed by atoms with van der Waals surface area (Å²) in [6.07, 6.45) is 0.0517. The lowest BCUT2D eigenvalue weighted by atomic mass is 9.85. The maximum Gasteiger partial charge on any atom is 0.0961 e. The van der Waals surface area contributed by atoms with Crippen molar-refractivity contribution < 1.29 is 5.11 Å². The molecule has 2 N–H and O–H groups in total. The van der Waals surface area contributed by atoms with Gasteiger partial charge < -0.3 is 10.5 Å². The smallest absolute Gasteiger partial charge is 0.0961 e. The van der Waals surface area contributed by atoms with Crippen LogP contribution in [0.3, 0.4) is 0 Å². The molecule has 0 aliphatic carbocycles. The van der Waals surface area contributed by atoms with Crippen molar-refractivity contribution in [3.8, 4) is 0 Å². The molecule has 0 rings (SSSR count). The number of hydrogen-bond acceptors (Lipinski definition) is 2. The minimum absolute atomic E-state index is 0.187. The lowest BCUT2D eigenvalue weighted by Gasteiger charge is -2.25. The topological polar surface area (TPSA) is 44.1 Å². The van der Waals surface area contributed by atoms with Gasteiger partial charge in [0.2, 0.25) is 0 Å². The highest BCUT2D eigenvalue weighted by atomic mass is 16.3. The van der Waals surface area contributed by atoms with Crippen LogP contribution in [0.5, 0.6) is 0 Å². The Morgan fingerprint density at radius 3 is 2.00 bits per heavy atom. The van der Waals surface area contributed by atoms with Gasteiger partial charge in [-0.1, -0.05) is 27.7 Å². The highest BCUT2D eigenvalue weighted by molar-refractivity contribution is 5.85. The van der Waals surface area contributed by atoms with Gasteiger partial charge >= 0.3 is 0 Å². The molecule has 0 radical (unpaired) electrons. The van der Waals surface area contributed by atoms with E-state index in [4.69, 9.17) is 5.41 Å². The van der Waals surface area contributed by atoms with Crippen LogP contribution in [0.4, 0.5) is 0 Å². The average Bonchev–Trinajstić information content (AvgIpc) is 1.83. The Morgan fingerprint density at radius 2 is 1.90 bits per heavy atom. The fourth-order valence-electron chi connectivity index (χ4n) is 0.716. The summed E-state index contributed by atoms with van der Waals surface area (Å²) in [5.74, 6) is 0. The fraction of sp³-hybridized carbons (Fsp3) is 0.875. The van der Waals surface area contributed by atoms with Crippen LogP contribution in [-0.2, 0) is 0 Å². The van der Waals surface area contributed by atoms with Crippen LogP contribution in [0.2, 0.25) is 0 Å². The average molecular weight is 143 g/mol. The molecule has 0 fully saturated rings. The van der Waals surface area contributed by atoms with Crippen LogP contribution in [0, 0.1) is 10.8 Å². The summed E-state index contributed by atoms with van der Waals surface area (Å²) in [4.78, 5) is 0. The van der Waals surface area contributed by atoms with E-state index in [1.165, 1.54) is 0 Å². The first-order chi connectivity index (χ1) is 4.39. The molecular formula is C8H17NO. The van der Waals surface area contributed by atoms with Gasteiger partial charge in [0, 0.05) is 5.71 Å². The van der Waals surface area contributed by atoms with E-state index in [0.29, 0.717) is 12.1 Å². The largest absolute Gasteiger partial charge is 0.387 e. The minimum Gasteiger partial charge on any atom is -0.387 e. The van der Waals surface area contributed by atoms with Crippen molar-refractivity contribution >= 4 is 5.71 Å². The van der Waals surface area contributed by atoms with Crippen molar-refractivity contribution in [2.75, 3.05) is 0 Å². The third kappa shape index (κ3) is 2.48. The van der Waals surface area contributed by atoms with Gasteiger partial charge in [0.25, 0.3) is 0 Å². The van der Waals surface area contributed by atoms with Crippen LogP contribution in [0.15, 0.2) is 0 Å². The van der Waals surface area contributed by atoms with E-state index in [0.717, 1.165) is 0 Å². The molecule has 2 heteroatoms. The first-order valence-corrected chi connectivity index (χ1v) is 3.65. The zero-order chi connectivity index (χ0) is 8.36. The van der Waals surface area contributed by atoms with Crippen molar-refractivity contribution in [3.05, 3.63) is 0 Å². The third-order valence-electron chi connectivity index (χ3n) is 1.53. The quantitative estimate of drug-likeness (QED) is 0.569. The minimum atomic E-state index is -0.586. The zero-order valence-electron chi connectivity index (χ0n) is 7.23. The van der Waals surface area contributed by atoms with Crippen LogP contribution in [0.25, 0.3) is 0 Å². The normalized spacial score (nSPS) is 14.9. The molecule has 60 valence electrons. The molecule has 0 heterocycles. The molecule has 0 bridgehead atoms. The van der Waals surface area contributed by atoms with Gasteiger partial charge in [-0.2, -0.15) is 0 Å². The highest BCUT2D eigenvalue weighted by Gasteiger charge is 2.24. The Labute approximate surface area is 62.8 Å². The van der Waals surface area contributed by atoms with Crippen molar-refractivity contribution in [2.24, 2.45) is 5.41 Å². The summed E-state index contributed by atoms with van der Waals surface area (Å²) >= 11 is 0. The summed E-state index contributed by atoms with van der Waals surface area (Å²) in [5, 5.41) is 16.8. The van der Waals surface area contributed by atoms with Crippen molar-refractivity contribution in [3.63, 3.8) is 0 Å². The molecule has 0 saturated carbocycles. The number of hydrogen-bond donors (Lipinski definition) is 2. The third-order valence-corrected chi connectivity index (χ3v) is 1.53. The van der Waals surface area contributed by atoms with Crippen molar-refractivity contribution in [1.29, 1.82) is 5.41 Å². The molecule has 0 aliphatic rings. The molecule has 1 unspecified atom stereocenters. The van der Waals surface area contributed by atoms with E-state index in [2.05, 4.69) is 0 Å². The zero-order valence-corrected chi connectivity index (χ0v) is 7.23. The Kier molecular flexibility index (Phi) is 3.03. The van der Waals surface area contributed by atoms with Crippen LogP contribution < -0.4 is 0 Å².